The van der Waals surface area contributed by atoms with Gasteiger partial charge in [-0.3, -0.25) is 4.79 Å². The average Bonchev–Trinajstić information content (AvgIpc) is 3.21. The van der Waals surface area contributed by atoms with E-state index in [2.05, 4.69) is 32.4 Å². The average molecular weight is 308 g/mol. The van der Waals surface area contributed by atoms with E-state index in [1.165, 1.54) is 10.9 Å². The number of fused-ring (bicyclic) bond motifs is 2. The largest absolute Gasteiger partial charge is 0.361 e. The first-order valence-electron chi connectivity index (χ1n) is 8.15. The highest BCUT2D eigenvalue weighted by atomic mass is 16.1. The molecule has 118 valence electrons. The Kier molecular flexibility index (Phi) is 3.61. The predicted molar refractivity (Wildman–Crippen MR) is 89.1 cm³/mol. The smallest absolute Gasteiger partial charge is 0.223 e. The van der Waals surface area contributed by atoms with Crippen LogP contribution in [0.25, 0.3) is 10.9 Å². The Bertz CT molecular complexity index is 832. The van der Waals surface area contributed by atoms with E-state index in [0.29, 0.717) is 6.54 Å². The number of aromatic nitrogens is 3. The van der Waals surface area contributed by atoms with Gasteiger partial charge in [0.25, 0.3) is 0 Å². The maximum Gasteiger partial charge on any atom is 0.223 e. The van der Waals surface area contributed by atoms with Crippen molar-refractivity contribution in [3.05, 3.63) is 53.7 Å². The van der Waals surface area contributed by atoms with Crippen molar-refractivity contribution in [3.8, 4) is 0 Å². The zero-order chi connectivity index (χ0) is 15.6. The van der Waals surface area contributed by atoms with Crippen LogP contribution in [0.15, 0.2) is 36.8 Å². The molecule has 2 heterocycles. The van der Waals surface area contributed by atoms with Gasteiger partial charge in [-0.1, -0.05) is 18.2 Å². The van der Waals surface area contributed by atoms with Crippen LogP contribution in [0.1, 0.15) is 23.4 Å². The number of carbonyl (C=O) groups is 1. The van der Waals surface area contributed by atoms with Crippen LogP contribution >= 0.6 is 0 Å². The highest BCUT2D eigenvalue weighted by Gasteiger charge is 2.25. The van der Waals surface area contributed by atoms with E-state index in [1.54, 1.807) is 6.33 Å². The van der Waals surface area contributed by atoms with Gasteiger partial charge in [-0.25, -0.2) is 4.98 Å². The number of benzene rings is 1. The molecule has 1 aliphatic rings. The quantitative estimate of drug-likeness (QED) is 0.692. The van der Waals surface area contributed by atoms with Crippen molar-refractivity contribution in [3.63, 3.8) is 0 Å². The van der Waals surface area contributed by atoms with Crippen molar-refractivity contribution in [2.45, 2.75) is 25.7 Å². The molecular weight excluding hydrogens is 288 g/mol. The Hall–Kier alpha value is -2.56. The minimum Gasteiger partial charge on any atom is -0.361 e. The number of rotatable bonds is 4. The molecule has 0 radical (unpaired) electrons. The zero-order valence-electron chi connectivity index (χ0n) is 12.9. The molecule has 1 amide bonds. The van der Waals surface area contributed by atoms with E-state index in [9.17, 15) is 4.79 Å². The second-order valence-electron chi connectivity index (χ2n) is 6.17. The molecule has 5 nitrogen and oxygen atoms in total. The van der Waals surface area contributed by atoms with Crippen LogP contribution in [0, 0.1) is 5.92 Å². The number of hydrogen-bond acceptors (Lipinski definition) is 2. The summed E-state index contributed by atoms with van der Waals surface area (Å²) in [6.45, 7) is 0.674. The van der Waals surface area contributed by atoms with E-state index < -0.39 is 0 Å². The predicted octanol–water partition coefficient (Wildman–Crippen LogP) is 2.35. The summed E-state index contributed by atoms with van der Waals surface area (Å²) in [5.74, 6) is 0.219. The third kappa shape index (κ3) is 2.74. The van der Waals surface area contributed by atoms with Gasteiger partial charge in [0.1, 0.15) is 0 Å². The number of aryl methyl sites for hydroxylation is 1. The van der Waals surface area contributed by atoms with Crippen LogP contribution in [0.5, 0.6) is 0 Å². The van der Waals surface area contributed by atoms with E-state index in [-0.39, 0.29) is 11.8 Å². The van der Waals surface area contributed by atoms with Gasteiger partial charge in [0.05, 0.1) is 12.0 Å². The molecule has 4 rings (SSSR count). The van der Waals surface area contributed by atoms with Gasteiger partial charge >= 0.3 is 0 Å². The number of hydrogen-bond donors (Lipinski definition) is 3. The van der Waals surface area contributed by atoms with Crippen LogP contribution in [-0.4, -0.2) is 27.4 Å². The highest BCUT2D eigenvalue weighted by Crippen LogP contribution is 2.23. The van der Waals surface area contributed by atoms with Crippen molar-refractivity contribution in [2.75, 3.05) is 6.54 Å². The van der Waals surface area contributed by atoms with E-state index in [1.807, 2.05) is 18.3 Å². The molecule has 0 fully saturated rings. The van der Waals surface area contributed by atoms with Crippen LogP contribution in [0.4, 0.5) is 0 Å². The molecule has 0 aliphatic heterocycles. The van der Waals surface area contributed by atoms with Gasteiger partial charge in [0, 0.05) is 41.7 Å². The molecule has 1 aliphatic carbocycles. The summed E-state index contributed by atoms with van der Waals surface area (Å²) in [7, 11) is 0. The molecule has 2 aromatic heterocycles. The van der Waals surface area contributed by atoms with Gasteiger partial charge < -0.3 is 15.3 Å². The van der Waals surface area contributed by atoms with Gasteiger partial charge in [0.15, 0.2) is 0 Å². The fourth-order valence-corrected chi connectivity index (χ4v) is 3.43. The lowest BCUT2D eigenvalue weighted by Gasteiger charge is -2.20. The summed E-state index contributed by atoms with van der Waals surface area (Å²) in [5, 5.41) is 4.33. The topological polar surface area (TPSA) is 73.6 Å². The van der Waals surface area contributed by atoms with Crippen LogP contribution in [-0.2, 0) is 24.1 Å². The summed E-state index contributed by atoms with van der Waals surface area (Å²) in [5.41, 5.74) is 4.63. The van der Waals surface area contributed by atoms with E-state index in [0.717, 1.165) is 42.6 Å². The Morgan fingerprint density at radius 3 is 3.17 bits per heavy atom. The summed E-state index contributed by atoms with van der Waals surface area (Å²) < 4.78 is 0. The molecule has 0 saturated carbocycles. The lowest BCUT2D eigenvalue weighted by atomic mass is 9.89. The standard InChI is InChI=1S/C18H20N4O/c23-18(12-5-6-16-17(9-12)22-11-21-16)19-8-7-13-10-20-15-4-2-1-3-14(13)15/h1-4,10-12,20H,5-9H2,(H,19,23)(H,21,22)/t12-/m0/s1. The summed E-state index contributed by atoms with van der Waals surface area (Å²) in [4.78, 5) is 23.1. The minimum atomic E-state index is 0.0610. The Labute approximate surface area is 134 Å². The van der Waals surface area contributed by atoms with Crippen molar-refractivity contribution < 1.29 is 4.79 Å². The second kappa shape index (κ2) is 5.91. The number of imidazole rings is 1. The lowest BCUT2D eigenvalue weighted by molar-refractivity contribution is -0.125. The molecule has 3 N–H and O–H groups in total. The fourth-order valence-electron chi connectivity index (χ4n) is 3.43. The molecule has 0 spiro atoms. The Balaban J connectivity index is 1.34. The third-order valence-corrected chi connectivity index (χ3v) is 4.73. The van der Waals surface area contributed by atoms with Crippen molar-refractivity contribution in [1.29, 1.82) is 0 Å². The van der Waals surface area contributed by atoms with E-state index in [4.69, 9.17) is 0 Å². The number of nitrogens with zero attached hydrogens (tertiary/aromatic N) is 1. The molecule has 5 heteroatoms. The maximum absolute atomic E-state index is 12.4. The Morgan fingerprint density at radius 2 is 2.22 bits per heavy atom. The van der Waals surface area contributed by atoms with Gasteiger partial charge in [-0.2, -0.15) is 0 Å². The second-order valence-corrected chi connectivity index (χ2v) is 6.17. The van der Waals surface area contributed by atoms with Crippen LogP contribution in [0.2, 0.25) is 0 Å². The fraction of sp³-hybridized carbons (Fsp3) is 0.333. The first-order valence-corrected chi connectivity index (χ1v) is 8.15. The number of H-pyrrole nitrogens is 2. The van der Waals surface area contributed by atoms with Crippen molar-refractivity contribution in [1.82, 2.24) is 20.3 Å². The van der Waals surface area contributed by atoms with Gasteiger partial charge in [0.2, 0.25) is 5.91 Å². The van der Waals surface area contributed by atoms with Gasteiger partial charge in [-0.05, 0) is 30.9 Å². The number of aromatic amines is 2. The Morgan fingerprint density at radius 1 is 1.30 bits per heavy atom. The monoisotopic (exact) mass is 308 g/mol. The molecule has 23 heavy (non-hydrogen) atoms. The minimum absolute atomic E-state index is 0.0610. The zero-order valence-corrected chi connectivity index (χ0v) is 12.9. The number of para-hydroxylation sites is 1. The van der Waals surface area contributed by atoms with Crippen LogP contribution in [0.3, 0.4) is 0 Å². The summed E-state index contributed by atoms with van der Waals surface area (Å²) >= 11 is 0. The molecule has 0 bridgehead atoms. The molecule has 1 aromatic carbocycles. The molecule has 0 unspecified atom stereocenters. The third-order valence-electron chi connectivity index (χ3n) is 4.73. The van der Waals surface area contributed by atoms with Crippen molar-refractivity contribution in [2.24, 2.45) is 5.92 Å². The lowest BCUT2D eigenvalue weighted by Crippen LogP contribution is -2.35. The summed E-state index contributed by atoms with van der Waals surface area (Å²) in [6, 6.07) is 8.25. The normalized spacial score (nSPS) is 17.1. The summed E-state index contributed by atoms with van der Waals surface area (Å²) in [6.07, 6.45) is 7.15. The number of amides is 1. The first kappa shape index (κ1) is 14.1. The molecule has 1 atom stereocenters. The number of carbonyl (C=O) groups excluding carboxylic acids is 1. The van der Waals surface area contributed by atoms with E-state index >= 15 is 0 Å². The molecule has 0 saturated heterocycles. The first-order chi connectivity index (χ1) is 11.3. The van der Waals surface area contributed by atoms with Crippen LogP contribution < -0.4 is 5.32 Å². The maximum atomic E-state index is 12.4. The molecular formula is C18H20N4O. The SMILES string of the molecule is O=C(NCCc1c[nH]c2ccccc12)[C@H]1CCc2nc[nH]c2C1. The van der Waals surface area contributed by atoms with Crippen molar-refractivity contribution >= 4 is 16.8 Å². The molecule has 3 aromatic rings. The highest BCUT2D eigenvalue weighted by molar-refractivity contribution is 5.83. The van der Waals surface area contributed by atoms with Gasteiger partial charge in [-0.15, -0.1) is 0 Å². The number of nitrogens with one attached hydrogen (secondary N) is 3.